The molecule has 8 heteroatoms. The van der Waals surface area contributed by atoms with Crippen LogP contribution >= 0.6 is 11.6 Å². The number of fused-ring (bicyclic) bond motifs is 1. The maximum Gasteiger partial charge on any atom is 0.429 e. The number of halogens is 4. The molecule has 0 amide bonds. The van der Waals surface area contributed by atoms with E-state index >= 15 is 0 Å². The highest BCUT2D eigenvalue weighted by Crippen LogP contribution is 2.37. The summed E-state index contributed by atoms with van der Waals surface area (Å²) in [5.41, 5.74) is 5.05. The summed E-state index contributed by atoms with van der Waals surface area (Å²) in [7, 11) is 0. The summed E-state index contributed by atoms with van der Waals surface area (Å²) >= 11 is 5.84. The van der Waals surface area contributed by atoms with Crippen LogP contribution in [-0.2, 0) is 14.3 Å². The van der Waals surface area contributed by atoms with Crippen LogP contribution in [0, 0.1) is 17.8 Å². The van der Waals surface area contributed by atoms with E-state index in [4.69, 9.17) is 22.1 Å². The van der Waals surface area contributed by atoms with Crippen LogP contribution in [0.25, 0.3) is 0 Å². The van der Waals surface area contributed by atoms with Crippen LogP contribution in [0.2, 0.25) is 0 Å². The van der Waals surface area contributed by atoms with Gasteiger partial charge in [-0.25, -0.2) is 4.79 Å². The largest absolute Gasteiger partial charge is 0.479 e. The topological polar surface area (TPSA) is 61.5 Å². The van der Waals surface area contributed by atoms with Crippen molar-refractivity contribution in [3.05, 3.63) is 34.6 Å². The second-order valence-electron chi connectivity index (χ2n) is 4.75. The molecule has 2 rings (SSSR count). The van der Waals surface area contributed by atoms with Gasteiger partial charge >= 0.3 is 12.1 Å². The maximum absolute atomic E-state index is 13.2. The van der Waals surface area contributed by atoms with Gasteiger partial charge in [-0.1, -0.05) is 23.4 Å². The zero-order valence-corrected chi connectivity index (χ0v) is 12.7. The number of esters is 1. The minimum atomic E-state index is -4.77. The lowest BCUT2D eigenvalue weighted by Gasteiger charge is -2.30. The minimum absolute atomic E-state index is 0.0526. The zero-order chi connectivity index (χ0) is 17.2. The third kappa shape index (κ3) is 3.89. The molecule has 1 heterocycles. The second kappa shape index (κ2) is 6.69. The summed E-state index contributed by atoms with van der Waals surface area (Å²) in [5, 5.41) is 0.177. The molecule has 4 nitrogen and oxygen atoms in total. The number of carbonyl (C=O) groups is 1. The Morgan fingerprint density at radius 3 is 2.74 bits per heavy atom. The highest BCUT2D eigenvalue weighted by molar-refractivity contribution is 6.30. The van der Waals surface area contributed by atoms with E-state index in [9.17, 15) is 18.0 Å². The van der Waals surface area contributed by atoms with E-state index < -0.39 is 35.8 Å². The van der Waals surface area contributed by atoms with E-state index in [2.05, 4.69) is 16.6 Å². The van der Waals surface area contributed by atoms with Gasteiger partial charge in [-0.05, 0) is 25.2 Å². The number of alkyl halides is 3. The SMILES string of the molecule is CCOC(=O)C1=CC2C#CC(N)/C(Cl)=C\C=C/2OC1C(F)(F)F. The Balaban J connectivity index is 2.48. The van der Waals surface area contributed by atoms with Gasteiger partial charge in [-0.2, -0.15) is 13.2 Å². The lowest BCUT2D eigenvalue weighted by Crippen LogP contribution is -2.40. The van der Waals surface area contributed by atoms with E-state index in [0.717, 1.165) is 6.08 Å². The monoisotopic (exact) mass is 347 g/mol. The molecule has 3 atom stereocenters. The van der Waals surface area contributed by atoms with Crippen molar-refractivity contribution < 1.29 is 27.4 Å². The van der Waals surface area contributed by atoms with E-state index in [1.807, 2.05) is 0 Å². The molecule has 1 aliphatic heterocycles. The van der Waals surface area contributed by atoms with Crippen molar-refractivity contribution in [2.45, 2.75) is 25.2 Å². The fourth-order valence-electron chi connectivity index (χ4n) is 2.02. The van der Waals surface area contributed by atoms with E-state index in [-0.39, 0.29) is 17.4 Å². The van der Waals surface area contributed by atoms with E-state index in [1.54, 1.807) is 0 Å². The Hall–Kier alpha value is -1.91. The molecule has 0 aromatic carbocycles. The third-order valence-corrected chi connectivity index (χ3v) is 3.46. The smallest absolute Gasteiger partial charge is 0.429 e. The highest BCUT2D eigenvalue weighted by atomic mass is 35.5. The first-order valence-electron chi connectivity index (χ1n) is 6.70. The van der Waals surface area contributed by atoms with Crippen molar-refractivity contribution in [2.24, 2.45) is 11.7 Å². The summed E-state index contributed by atoms with van der Waals surface area (Å²) < 4.78 is 49.2. The van der Waals surface area contributed by atoms with Crippen molar-refractivity contribution in [1.82, 2.24) is 0 Å². The molecule has 23 heavy (non-hydrogen) atoms. The number of nitrogens with two attached hydrogens (primary N) is 1. The molecule has 0 aromatic rings. The first-order chi connectivity index (χ1) is 10.7. The molecule has 1 aliphatic carbocycles. The van der Waals surface area contributed by atoms with Crippen molar-refractivity contribution in [1.29, 1.82) is 0 Å². The summed E-state index contributed by atoms with van der Waals surface area (Å²) in [6, 6.07) is -0.755. The molecule has 2 aliphatic rings. The zero-order valence-electron chi connectivity index (χ0n) is 12.0. The van der Waals surface area contributed by atoms with Gasteiger partial charge in [0, 0.05) is 5.03 Å². The quantitative estimate of drug-likeness (QED) is 0.615. The Kier molecular flexibility index (Phi) is 5.07. The minimum Gasteiger partial charge on any atom is -0.479 e. The van der Waals surface area contributed by atoms with Crippen LogP contribution in [0.5, 0.6) is 0 Å². The average Bonchev–Trinajstić information content (AvgIpc) is 2.47. The van der Waals surface area contributed by atoms with Crippen LogP contribution in [-0.4, -0.2) is 30.9 Å². The summed E-state index contributed by atoms with van der Waals surface area (Å²) in [4.78, 5) is 11.8. The molecule has 124 valence electrons. The fourth-order valence-corrected chi connectivity index (χ4v) is 2.14. The van der Waals surface area contributed by atoms with Gasteiger partial charge in [0.25, 0.3) is 0 Å². The normalized spacial score (nSPS) is 31.4. The standard InChI is InChI=1S/C15H13ClF3NO3/c1-2-22-14(21)9-7-8-3-5-11(20)10(16)4-6-12(8)23-13(9)15(17,18)19/h4,6-8,11,13H,2,20H2,1H3/b10-4+,12-6+. The van der Waals surface area contributed by atoms with Gasteiger partial charge in [-0.15, -0.1) is 0 Å². The van der Waals surface area contributed by atoms with Gasteiger partial charge in [-0.3, -0.25) is 0 Å². The predicted octanol–water partition coefficient (Wildman–Crippen LogP) is 2.40. The Morgan fingerprint density at radius 1 is 1.43 bits per heavy atom. The van der Waals surface area contributed by atoms with Crippen LogP contribution in [0.4, 0.5) is 13.2 Å². The van der Waals surface area contributed by atoms with Crippen LogP contribution in [0.1, 0.15) is 6.92 Å². The first kappa shape index (κ1) is 17.4. The second-order valence-corrected chi connectivity index (χ2v) is 5.18. The summed E-state index contributed by atoms with van der Waals surface area (Å²) in [6.45, 7) is 1.44. The lowest BCUT2D eigenvalue weighted by atomic mass is 9.95. The summed E-state index contributed by atoms with van der Waals surface area (Å²) in [5.74, 6) is 3.29. The van der Waals surface area contributed by atoms with Gasteiger partial charge in [0.05, 0.1) is 18.1 Å². The van der Waals surface area contributed by atoms with Crippen LogP contribution < -0.4 is 5.73 Å². The lowest BCUT2D eigenvalue weighted by molar-refractivity contribution is -0.203. The van der Waals surface area contributed by atoms with Crippen molar-refractivity contribution in [3.8, 4) is 11.8 Å². The summed E-state index contributed by atoms with van der Waals surface area (Å²) in [6.07, 6.45) is -3.48. The molecule has 2 N–H and O–H groups in total. The Labute approximate surface area is 135 Å². The fraction of sp³-hybridized carbons (Fsp3) is 0.400. The van der Waals surface area contributed by atoms with Crippen molar-refractivity contribution in [2.75, 3.05) is 6.61 Å². The van der Waals surface area contributed by atoms with E-state index in [0.29, 0.717) is 0 Å². The number of rotatable bonds is 2. The molecule has 0 radical (unpaired) electrons. The van der Waals surface area contributed by atoms with Gasteiger partial charge < -0.3 is 15.2 Å². The van der Waals surface area contributed by atoms with Crippen molar-refractivity contribution >= 4 is 17.6 Å². The van der Waals surface area contributed by atoms with Crippen LogP contribution in [0.3, 0.4) is 0 Å². The molecule has 3 unspecified atom stereocenters. The molecule has 0 fully saturated rings. The van der Waals surface area contributed by atoms with Gasteiger partial charge in [0.2, 0.25) is 6.10 Å². The molecule has 0 saturated heterocycles. The maximum atomic E-state index is 13.2. The van der Waals surface area contributed by atoms with E-state index in [1.165, 1.54) is 19.1 Å². The average molecular weight is 348 g/mol. The molecular formula is C15H13ClF3NO3. The first-order valence-corrected chi connectivity index (χ1v) is 7.08. The van der Waals surface area contributed by atoms with Crippen LogP contribution in [0.15, 0.2) is 34.6 Å². The van der Waals surface area contributed by atoms with Crippen molar-refractivity contribution in [3.63, 3.8) is 0 Å². The number of ether oxygens (including phenoxy) is 2. The highest BCUT2D eigenvalue weighted by Gasteiger charge is 2.50. The van der Waals surface area contributed by atoms with Gasteiger partial charge in [0.1, 0.15) is 11.8 Å². The Bertz CT molecular complexity index is 655. The Morgan fingerprint density at radius 2 is 2.13 bits per heavy atom. The molecule has 0 saturated carbocycles. The molecule has 0 spiro atoms. The predicted molar refractivity (Wildman–Crippen MR) is 76.9 cm³/mol. The van der Waals surface area contributed by atoms with Gasteiger partial charge in [0.15, 0.2) is 0 Å². The third-order valence-electron chi connectivity index (χ3n) is 3.10. The number of allylic oxidation sites excluding steroid dienone is 3. The number of hydrogen-bond donors (Lipinski definition) is 1. The molecule has 0 aromatic heterocycles. The number of carbonyl (C=O) groups excluding carboxylic acids is 1. The number of hydrogen-bond acceptors (Lipinski definition) is 4. The molecular weight excluding hydrogens is 335 g/mol. The molecule has 0 bridgehead atoms.